The predicted molar refractivity (Wildman–Crippen MR) is 96.3 cm³/mol. The van der Waals surface area contributed by atoms with Gasteiger partial charge in [0.25, 0.3) is 5.91 Å². The third-order valence-electron chi connectivity index (χ3n) is 3.69. The minimum Gasteiger partial charge on any atom is -0.448 e. The van der Waals surface area contributed by atoms with Gasteiger partial charge < -0.3 is 10.1 Å². The first-order chi connectivity index (χ1) is 11.5. The van der Waals surface area contributed by atoms with Crippen LogP contribution in [0.3, 0.4) is 0 Å². The quantitative estimate of drug-likeness (QED) is 0.778. The summed E-state index contributed by atoms with van der Waals surface area (Å²) in [7, 11) is 0. The molecule has 1 N–H and O–H groups in total. The first-order valence-corrected chi connectivity index (χ1v) is 8.89. The third-order valence-corrected chi connectivity index (χ3v) is 4.67. The Morgan fingerprint density at radius 1 is 1.12 bits per heavy atom. The van der Waals surface area contributed by atoms with Gasteiger partial charge in [0.1, 0.15) is 4.88 Å². The Balaban J connectivity index is 1.77. The Morgan fingerprint density at radius 3 is 2.46 bits per heavy atom. The van der Waals surface area contributed by atoms with Crippen molar-refractivity contribution in [1.82, 2.24) is 5.32 Å². The van der Waals surface area contributed by atoms with Gasteiger partial charge in [-0.25, -0.2) is 4.79 Å². The van der Waals surface area contributed by atoms with Crippen molar-refractivity contribution in [2.75, 3.05) is 0 Å². The molecule has 1 amide bonds. The van der Waals surface area contributed by atoms with Crippen LogP contribution < -0.4 is 5.32 Å². The van der Waals surface area contributed by atoms with Gasteiger partial charge in [0.2, 0.25) is 0 Å². The van der Waals surface area contributed by atoms with E-state index in [1.165, 1.54) is 16.9 Å². The summed E-state index contributed by atoms with van der Waals surface area (Å²) >= 11 is 1.36. The summed E-state index contributed by atoms with van der Waals surface area (Å²) in [6, 6.07) is 13.7. The molecule has 5 heteroatoms. The van der Waals surface area contributed by atoms with E-state index in [1.54, 1.807) is 13.0 Å². The van der Waals surface area contributed by atoms with Gasteiger partial charge in [0.05, 0.1) is 0 Å². The molecule has 0 aliphatic rings. The van der Waals surface area contributed by atoms with Crippen molar-refractivity contribution in [2.24, 2.45) is 0 Å². The van der Waals surface area contributed by atoms with Gasteiger partial charge in [-0.2, -0.15) is 0 Å². The topological polar surface area (TPSA) is 55.4 Å². The third kappa shape index (κ3) is 5.49. The summed E-state index contributed by atoms with van der Waals surface area (Å²) in [4.78, 5) is 25.7. The van der Waals surface area contributed by atoms with E-state index >= 15 is 0 Å². The summed E-state index contributed by atoms with van der Waals surface area (Å²) < 4.78 is 5.23. The van der Waals surface area contributed by atoms with E-state index < -0.39 is 12.1 Å². The SMILES string of the molecule is Cc1ccc(C(=O)O[C@@H](C)C(=O)N[C@H](C)CCc2ccccc2)s1. The number of carbonyl (C=O) groups excluding carboxylic acids is 2. The molecule has 0 unspecified atom stereocenters. The lowest BCUT2D eigenvalue weighted by atomic mass is 10.1. The molecule has 2 rings (SSSR count). The van der Waals surface area contributed by atoms with Crippen LogP contribution in [0.1, 0.15) is 40.4 Å². The zero-order chi connectivity index (χ0) is 17.5. The van der Waals surface area contributed by atoms with Crippen LogP contribution in [0, 0.1) is 6.92 Å². The number of esters is 1. The molecule has 0 saturated carbocycles. The highest BCUT2D eigenvalue weighted by atomic mass is 32.1. The average molecular weight is 345 g/mol. The number of nitrogens with one attached hydrogen (secondary N) is 1. The Labute approximate surface area is 146 Å². The molecule has 0 aliphatic carbocycles. The number of ether oxygens (including phenoxy) is 1. The number of benzene rings is 1. The van der Waals surface area contributed by atoms with Crippen LogP contribution in [0.25, 0.3) is 0 Å². The summed E-state index contributed by atoms with van der Waals surface area (Å²) in [6.45, 7) is 5.47. The maximum Gasteiger partial charge on any atom is 0.349 e. The molecule has 0 fully saturated rings. The van der Waals surface area contributed by atoms with Crippen LogP contribution in [0.2, 0.25) is 0 Å². The number of hydrogen-bond donors (Lipinski definition) is 1. The lowest BCUT2D eigenvalue weighted by molar-refractivity contribution is -0.129. The van der Waals surface area contributed by atoms with Gasteiger partial charge >= 0.3 is 5.97 Å². The zero-order valence-electron chi connectivity index (χ0n) is 14.2. The van der Waals surface area contributed by atoms with Crippen LogP contribution in [0.4, 0.5) is 0 Å². The second-order valence-corrected chi connectivity index (χ2v) is 7.18. The maximum absolute atomic E-state index is 12.2. The molecule has 1 aromatic heterocycles. The molecule has 1 heterocycles. The van der Waals surface area contributed by atoms with Crippen LogP contribution >= 0.6 is 11.3 Å². The van der Waals surface area contributed by atoms with Gasteiger partial charge in [-0.15, -0.1) is 11.3 Å². The predicted octanol–water partition coefficient (Wildman–Crippen LogP) is 3.74. The molecular formula is C19H23NO3S. The van der Waals surface area contributed by atoms with Crippen molar-refractivity contribution in [2.45, 2.75) is 45.8 Å². The summed E-state index contributed by atoms with van der Waals surface area (Å²) in [6.07, 6.45) is 0.921. The number of aryl methyl sites for hydroxylation is 2. The van der Waals surface area contributed by atoms with Crippen LogP contribution in [-0.2, 0) is 16.0 Å². The second-order valence-electron chi connectivity index (χ2n) is 5.89. The van der Waals surface area contributed by atoms with Gasteiger partial charge in [-0.3, -0.25) is 4.79 Å². The molecule has 24 heavy (non-hydrogen) atoms. The highest BCUT2D eigenvalue weighted by molar-refractivity contribution is 7.13. The molecule has 2 atom stereocenters. The lowest BCUT2D eigenvalue weighted by Crippen LogP contribution is -2.40. The molecule has 128 valence electrons. The number of hydrogen-bond acceptors (Lipinski definition) is 4. The fourth-order valence-corrected chi connectivity index (χ4v) is 3.03. The smallest absolute Gasteiger partial charge is 0.349 e. The van der Waals surface area contributed by atoms with Crippen molar-refractivity contribution >= 4 is 23.2 Å². The molecule has 1 aromatic carbocycles. The fourth-order valence-electron chi connectivity index (χ4n) is 2.28. The van der Waals surface area contributed by atoms with Crippen molar-refractivity contribution < 1.29 is 14.3 Å². The molecule has 0 radical (unpaired) electrons. The normalized spacial score (nSPS) is 13.1. The van der Waals surface area contributed by atoms with Gasteiger partial charge in [-0.05, 0) is 51.3 Å². The Hall–Kier alpha value is -2.14. The van der Waals surface area contributed by atoms with E-state index in [0.29, 0.717) is 4.88 Å². The highest BCUT2D eigenvalue weighted by Gasteiger charge is 2.21. The van der Waals surface area contributed by atoms with Crippen molar-refractivity contribution in [3.8, 4) is 0 Å². The van der Waals surface area contributed by atoms with Crippen LogP contribution in [-0.4, -0.2) is 24.0 Å². The lowest BCUT2D eigenvalue weighted by Gasteiger charge is -2.17. The molecule has 0 bridgehead atoms. The van der Waals surface area contributed by atoms with E-state index in [9.17, 15) is 9.59 Å². The Kier molecular flexibility index (Phi) is 6.55. The van der Waals surface area contributed by atoms with Crippen molar-refractivity contribution in [3.63, 3.8) is 0 Å². The van der Waals surface area contributed by atoms with Gasteiger partial charge in [0.15, 0.2) is 6.10 Å². The fraction of sp³-hybridized carbons (Fsp3) is 0.368. The van der Waals surface area contributed by atoms with E-state index in [0.717, 1.165) is 17.7 Å². The van der Waals surface area contributed by atoms with Crippen LogP contribution in [0.5, 0.6) is 0 Å². The molecule has 0 aliphatic heterocycles. The standard InChI is InChI=1S/C19H23NO3S/c1-13(9-11-16-7-5-4-6-8-16)20-18(21)15(3)23-19(22)17-12-10-14(2)24-17/h4-8,10,12-13,15H,9,11H2,1-3H3,(H,20,21)/t13-,15+/m1/s1. The van der Waals surface area contributed by atoms with Gasteiger partial charge in [-0.1, -0.05) is 30.3 Å². The van der Waals surface area contributed by atoms with Gasteiger partial charge in [0, 0.05) is 10.9 Å². The van der Waals surface area contributed by atoms with Crippen molar-refractivity contribution in [3.05, 3.63) is 57.8 Å². The first-order valence-electron chi connectivity index (χ1n) is 8.07. The zero-order valence-corrected chi connectivity index (χ0v) is 15.1. The molecule has 2 aromatic rings. The largest absolute Gasteiger partial charge is 0.448 e. The number of thiophene rings is 1. The summed E-state index contributed by atoms with van der Waals surface area (Å²) in [5.41, 5.74) is 1.24. The summed E-state index contributed by atoms with van der Waals surface area (Å²) in [5, 5.41) is 2.90. The number of carbonyl (C=O) groups is 2. The number of rotatable bonds is 7. The molecule has 0 saturated heterocycles. The van der Waals surface area contributed by atoms with Crippen molar-refractivity contribution in [1.29, 1.82) is 0 Å². The van der Waals surface area contributed by atoms with Crippen LogP contribution in [0.15, 0.2) is 42.5 Å². The first kappa shape index (κ1) is 18.2. The minimum absolute atomic E-state index is 0.0165. The maximum atomic E-state index is 12.2. The molecule has 0 spiro atoms. The van der Waals surface area contributed by atoms with E-state index in [-0.39, 0.29) is 11.9 Å². The van der Waals surface area contributed by atoms with E-state index in [2.05, 4.69) is 17.4 Å². The number of amides is 1. The average Bonchev–Trinajstić information content (AvgIpc) is 3.00. The van der Waals surface area contributed by atoms with E-state index in [4.69, 9.17) is 4.74 Å². The molecule has 4 nitrogen and oxygen atoms in total. The molecular weight excluding hydrogens is 322 g/mol. The second kappa shape index (κ2) is 8.64. The Bertz CT molecular complexity index is 681. The Morgan fingerprint density at radius 2 is 1.83 bits per heavy atom. The monoisotopic (exact) mass is 345 g/mol. The van der Waals surface area contributed by atoms with E-state index in [1.807, 2.05) is 38.1 Å². The minimum atomic E-state index is -0.806. The summed E-state index contributed by atoms with van der Waals surface area (Å²) in [5.74, 6) is -0.718. The highest BCUT2D eigenvalue weighted by Crippen LogP contribution is 2.16.